The van der Waals surface area contributed by atoms with Gasteiger partial charge in [0.05, 0.1) is 12.2 Å². The Morgan fingerprint density at radius 1 is 1.30 bits per heavy atom. The summed E-state index contributed by atoms with van der Waals surface area (Å²) in [5, 5.41) is 9.29. The number of hydrogen-bond donors (Lipinski definition) is 2. The molecule has 3 amide bonds. The van der Waals surface area contributed by atoms with E-state index in [4.69, 9.17) is 4.74 Å². The minimum Gasteiger partial charge on any atom is -0.487 e. The molecule has 8 heteroatoms. The second-order valence-electron chi connectivity index (χ2n) is 6.51. The molecule has 3 heterocycles. The summed E-state index contributed by atoms with van der Waals surface area (Å²) < 4.78 is 5.86. The molecule has 27 heavy (non-hydrogen) atoms. The van der Waals surface area contributed by atoms with Gasteiger partial charge in [-0.2, -0.15) is 5.10 Å². The molecular weight excluding hydrogens is 348 g/mol. The number of benzene rings is 1. The molecule has 1 saturated heterocycles. The predicted octanol–water partition coefficient (Wildman–Crippen LogP) is 1.69. The molecule has 2 aliphatic heterocycles. The SMILES string of the molecule is C.Cc1cc(COc2cccc3c2CN(C2CCC(=O)NC2=O)C3=O)n[nH]1. The lowest BCUT2D eigenvalue weighted by Gasteiger charge is -2.29. The fourth-order valence-corrected chi connectivity index (χ4v) is 3.39. The normalized spacial score (nSPS) is 18.8. The summed E-state index contributed by atoms with van der Waals surface area (Å²) in [5.41, 5.74) is 3.01. The Morgan fingerprint density at radius 2 is 2.11 bits per heavy atom. The smallest absolute Gasteiger partial charge is 0.255 e. The van der Waals surface area contributed by atoms with E-state index in [1.165, 1.54) is 4.90 Å². The van der Waals surface area contributed by atoms with Gasteiger partial charge in [0.1, 0.15) is 18.4 Å². The highest BCUT2D eigenvalue weighted by molar-refractivity contribution is 6.05. The standard InChI is InChI=1S/C18H18N4O4.CH4/c1-10-7-11(21-20-10)9-26-15-4-2-3-12-13(15)8-22(18(12)25)14-5-6-16(23)19-17(14)24;/h2-4,7,14H,5-6,8-9H2,1H3,(H,20,21)(H,19,23,24);1H4. The summed E-state index contributed by atoms with van der Waals surface area (Å²) in [5.74, 6) is -0.326. The molecule has 2 aliphatic rings. The van der Waals surface area contributed by atoms with Crippen molar-refractivity contribution in [2.75, 3.05) is 0 Å². The molecule has 1 fully saturated rings. The molecule has 1 aromatic carbocycles. The van der Waals surface area contributed by atoms with Crippen molar-refractivity contribution in [2.24, 2.45) is 0 Å². The number of nitrogens with one attached hydrogen (secondary N) is 2. The summed E-state index contributed by atoms with van der Waals surface area (Å²) >= 11 is 0. The lowest BCUT2D eigenvalue weighted by molar-refractivity contribution is -0.136. The first-order chi connectivity index (χ1) is 12.5. The molecule has 8 nitrogen and oxygen atoms in total. The zero-order chi connectivity index (χ0) is 18.3. The fraction of sp³-hybridized carbons (Fsp3) is 0.368. The van der Waals surface area contributed by atoms with Gasteiger partial charge in [0.15, 0.2) is 0 Å². The molecule has 1 aromatic heterocycles. The number of H-pyrrole nitrogens is 1. The van der Waals surface area contributed by atoms with Gasteiger partial charge >= 0.3 is 0 Å². The molecular formula is C19H22N4O4. The third kappa shape index (κ3) is 3.42. The Morgan fingerprint density at radius 3 is 2.81 bits per heavy atom. The molecule has 142 valence electrons. The number of carbonyl (C=O) groups is 3. The van der Waals surface area contributed by atoms with E-state index in [1.807, 2.05) is 13.0 Å². The molecule has 0 spiro atoms. The number of rotatable bonds is 4. The lowest BCUT2D eigenvalue weighted by Crippen LogP contribution is -2.52. The minimum atomic E-state index is -0.630. The van der Waals surface area contributed by atoms with Crippen LogP contribution in [-0.4, -0.2) is 38.9 Å². The molecule has 0 aliphatic carbocycles. The van der Waals surface area contributed by atoms with Crippen LogP contribution in [0.2, 0.25) is 0 Å². The van der Waals surface area contributed by atoms with Crippen LogP contribution in [0.15, 0.2) is 24.3 Å². The van der Waals surface area contributed by atoms with Gasteiger partial charge in [-0.05, 0) is 31.5 Å². The highest BCUT2D eigenvalue weighted by Crippen LogP contribution is 2.33. The zero-order valence-corrected chi connectivity index (χ0v) is 14.2. The summed E-state index contributed by atoms with van der Waals surface area (Å²) in [6.45, 7) is 2.48. The maximum atomic E-state index is 12.7. The van der Waals surface area contributed by atoms with Crippen LogP contribution in [0.1, 0.15) is 47.6 Å². The number of imide groups is 1. The van der Waals surface area contributed by atoms with Gasteiger partial charge in [-0.1, -0.05) is 13.5 Å². The van der Waals surface area contributed by atoms with Gasteiger partial charge in [-0.15, -0.1) is 0 Å². The zero-order valence-electron chi connectivity index (χ0n) is 14.2. The number of aromatic amines is 1. The second kappa shape index (κ2) is 7.22. The van der Waals surface area contributed by atoms with Crippen LogP contribution >= 0.6 is 0 Å². The number of aromatic nitrogens is 2. The third-order valence-electron chi connectivity index (χ3n) is 4.67. The van der Waals surface area contributed by atoms with Crippen LogP contribution in [0, 0.1) is 6.92 Å². The van der Waals surface area contributed by atoms with Crippen molar-refractivity contribution < 1.29 is 19.1 Å². The van der Waals surface area contributed by atoms with E-state index in [0.29, 0.717) is 17.7 Å². The van der Waals surface area contributed by atoms with Gasteiger partial charge in [0, 0.05) is 23.2 Å². The number of nitrogens with zero attached hydrogens (tertiary/aromatic N) is 2. The van der Waals surface area contributed by atoms with E-state index in [1.54, 1.807) is 18.2 Å². The Bertz CT molecular complexity index is 905. The van der Waals surface area contributed by atoms with Crippen LogP contribution in [0.25, 0.3) is 0 Å². The minimum absolute atomic E-state index is 0. The monoisotopic (exact) mass is 370 g/mol. The number of ether oxygens (including phenoxy) is 1. The molecule has 0 radical (unpaired) electrons. The molecule has 1 atom stereocenters. The largest absolute Gasteiger partial charge is 0.487 e. The number of piperidine rings is 1. The highest BCUT2D eigenvalue weighted by Gasteiger charge is 2.40. The Hall–Kier alpha value is -3.16. The van der Waals surface area contributed by atoms with E-state index >= 15 is 0 Å². The predicted molar refractivity (Wildman–Crippen MR) is 96.9 cm³/mol. The number of hydrogen-bond acceptors (Lipinski definition) is 5. The average Bonchev–Trinajstić information content (AvgIpc) is 3.17. The van der Waals surface area contributed by atoms with Crippen LogP contribution < -0.4 is 10.1 Å². The quantitative estimate of drug-likeness (QED) is 0.797. The van der Waals surface area contributed by atoms with Crippen LogP contribution in [0.5, 0.6) is 5.75 Å². The van der Waals surface area contributed by atoms with Crippen LogP contribution in [-0.2, 0) is 22.7 Å². The van der Waals surface area contributed by atoms with Crippen molar-refractivity contribution in [1.82, 2.24) is 20.4 Å². The lowest BCUT2D eigenvalue weighted by atomic mass is 10.0. The molecule has 4 rings (SSSR count). The van der Waals surface area contributed by atoms with Crippen molar-refractivity contribution >= 4 is 17.7 Å². The van der Waals surface area contributed by atoms with Gasteiger partial charge in [-0.3, -0.25) is 24.8 Å². The summed E-state index contributed by atoms with van der Waals surface area (Å²) in [4.78, 5) is 37.7. The molecule has 2 N–H and O–H groups in total. The molecule has 2 aromatic rings. The first kappa shape index (κ1) is 18.6. The number of amides is 3. The first-order valence-electron chi connectivity index (χ1n) is 8.43. The van der Waals surface area contributed by atoms with Crippen molar-refractivity contribution in [3.63, 3.8) is 0 Å². The van der Waals surface area contributed by atoms with Crippen molar-refractivity contribution in [2.45, 2.75) is 46.4 Å². The average molecular weight is 370 g/mol. The summed E-state index contributed by atoms with van der Waals surface area (Å²) in [6.07, 6.45) is 0.575. The molecule has 1 unspecified atom stereocenters. The van der Waals surface area contributed by atoms with E-state index in [9.17, 15) is 14.4 Å². The highest BCUT2D eigenvalue weighted by atomic mass is 16.5. The topological polar surface area (TPSA) is 104 Å². The van der Waals surface area contributed by atoms with E-state index in [-0.39, 0.29) is 38.8 Å². The Kier molecular flexibility index (Phi) is 4.98. The Balaban J connectivity index is 0.00000210. The van der Waals surface area contributed by atoms with Crippen molar-refractivity contribution in [3.8, 4) is 5.75 Å². The molecule has 0 saturated carbocycles. The summed E-state index contributed by atoms with van der Waals surface area (Å²) in [7, 11) is 0. The number of carbonyl (C=O) groups excluding carboxylic acids is 3. The summed E-state index contributed by atoms with van der Waals surface area (Å²) in [6, 6.07) is 6.56. The van der Waals surface area contributed by atoms with Gasteiger partial charge in [0.25, 0.3) is 5.91 Å². The maximum Gasteiger partial charge on any atom is 0.255 e. The van der Waals surface area contributed by atoms with Crippen LogP contribution in [0.3, 0.4) is 0 Å². The number of fused-ring (bicyclic) bond motifs is 1. The van der Waals surface area contributed by atoms with Gasteiger partial charge < -0.3 is 9.64 Å². The van der Waals surface area contributed by atoms with E-state index in [2.05, 4.69) is 15.5 Å². The van der Waals surface area contributed by atoms with E-state index in [0.717, 1.165) is 17.0 Å². The van der Waals surface area contributed by atoms with E-state index < -0.39 is 11.9 Å². The number of aryl methyl sites for hydroxylation is 1. The molecule has 0 bridgehead atoms. The first-order valence-corrected chi connectivity index (χ1v) is 8.43. The van der Waals surface area contributed by atoms with Crippen molar-refractivity contribution in [1.29, 1.82) is 0 Å². The Labute approximate surface area is 156 Å². The second-order valence-corrected chi connectivity index (χ2v) is 6.51. The third-order valence-corrected chi connectivity index (χ3v) is 4.67. The van der Waals surface area contributed by atoms with Gasteiger partial charge in [0.2, 0.25) is 11.8 Å². The van der Waals surface area contributed by atoms with Gasteiger partial charge in [-0.25, -0.2) is 0 Å². The van der Waals surface area contributed by atoms with Crippen LogP contribution in [0.4, 0.5) is 0 Å². The fourth-order valence-electron chi connectivity index (χ4n) is 3.39. The maximum absolute atomic E-state index is 12.7. The van der Waals surface area contributed by atoms with Crippen molar-refractivity contribution in [3.05, 3.63) is 46.8 Å².